The van der Waals surface area contributed by atoms with Crippen molar-refractivity contribution in [1.82, 2.24) is 24.4 Å². The zero-order chi connectivity index (χ0) is 22.4. The van der Waals surface area contributed by atoms with Gasteiger partial charge in [-0.3, -0.25) is 14.2 Å². The molecule has 5 aromatic rings. The predicted octanol–water partition coefficient (Wildman–Crippen LogP) is 4.00. The van der Waals surface area contributed by atoms with Gasteiger partial charge in [0.2, 0.25) is 0 Å². The summed E-state index contributed by atoms with van der Waals surface area (Å²) in [5.41, 5.74) is 4.38. The number of benzene rings is 2. The molecule has 0 fully saturated rings. The first kappa shape index (κ1) is 19.7. The number of rotatable bonds is 4. The van der Waals surface area contributed by atoms with Gasteiger partial charge in [0.15, 0.2) is 16.9 Å². The minimum atomic E-state index is -0.343. The van der Waals surface area contributed by atoms with Crippen LogP contribution in [-0.4, -0.2) is 30.2 Å². The van der Waals surface area contributed by atoms with E-state index in [-0.39, 0.29) is 22.7 Å². The van der Waals surface area contributed by atoms with Crippen LogP contribution < -0.4 is 5.56 Å². The van der Waals surface area contributed by atoms with Gasteiger partial charge in [-0.05, 0) is 61.4 Å². The maximum atomic E-state index is 13.4. The highest BCUT2D eigenvalue weighted by atomic mass is 19.1. The van der Waals surface area contributed by atoms with Crippen LogP contribution >= 0.6 is 0 Å². The fraction of sp³-hybridized carbons (Fsp3) is 0.125. The lowest BCUT2D eigenvalue weighted by Gasteiger charge is -2.08. The summed E-state index contributed by atoms with van der Waals surface area (Å²) >= 11 is 0. The lowest BCUT2D eigenvalue weighted by Crippen LogP contribution is -2.20. The quantitative estimate of drug-likeness (QED) is 0.405. The van der Waals surface area contributed by atoms with Crippen molar-refractivity contribution in [1.29, 1.82) is 0 Å². The molecule has 8 heteroatoms. The van der Waals surface area contributed by atoms with Crippen LogP contribution in [0, 0.1) is 5.82 Å². The van der Waals surface area contributed by atoms with E-state index in [0.29, 0.717) is 28.8 Å². The second kappa shape index (κ2) is 7.49. The fourth-order valence-corrected chi connectivity index (χ4v) is 3.81. The van der Waals surface area contributed by atoms with Crippen LogP contribution in [0.25, 0.3) is 33.5 Å². The SMILES string of the molecule is CCc1nn2c(nnc3c(=O)n(-c4ccc(C(C)=O)cc4)ccc32)c1-c1ccc(F)cc1. The van der Waals surface area contributed by atoms with E-state index in [2.05, 4.69) is 15.3 Å². The van der Waals surface area contributed by atoms with Crippen molar-refractivity contribution < 1.29 is 9.18 Å². The van der Waals surface area contributed by atoms with Gasteiger partial charge in [0, 0.05) is 17.4 Å². The van der Waals surface area contributed by atoms with Gasteiger partial charge in [0.05, 0.1) is 11.3 Å². The Hall–Kier alpha value is -4.20. The first-order chi connectivity index (χ1) is 15.5. The highest BCUT2D eigenvalue weighted by molar-refractivity contribution is 5.94. The average Bonchev–Trinajstić information content (AvgIpc) is 3.19. The van der Waals surface area contributed by atoms with Crippen LogP contribution in [0.2, 0.25) is 0 Å². The van der Waals surface area contributed by atoms with Crippen molar-refractivity contribution in [2.24, 2.45) is 0 Å². The monoisotopic (exact) mass is 427 g/mol. The maximum Gasteiger partial charge on any atom is 0.285 e. The number of fused-ring (bicyclic) bond motifs is 3. The number of hydrogen-bond donors (Lipinski definition) is 0. The molecule has 0 saturated carbocycles. The Morgan fingerprint density at radius 2 is 1.72 bits per heavy atom. The highest BCUT2D eigenvalue weighted by Crippen LogP contribution is 2.29. The lowest BCUT2D eigenvalue weighted by atomic mass is 10.0. The molecule has 0 N–H and O–H groups in total. The molecule has 7 nitrogen and oxygen atoms in total. The molecule has 158 valence electrons. The number of Topliss-reactive ketones (excluding diaryl/α,β-unsaturated/α-hetero) is 1. The van der Waals surface area contributed by atoms with E-state index < -0.39 is 0 Å². The molecule has 3 heterocycles. The molecule has 0 radical (unpaired) electrons. The minimum Gasteiger partial charge on any atom is -0.295 e. The number of hydrogen-bond acceptors (Lipinski definition) is 5. The molecule has 0 aliphatic heterocycles. The fourth-order valence-electron chi connectivity index (χ4n) is 3.81. The molecule has 2 aromatic carbocycles. The van der Waals surface area contributed by atoms with Gasteiger partial charge in [0.25, 0.3) is 5.56 Å². The first-order valence-corrected chi connectivity index (χ1v) is 10.1. The lowest BCUT2D eigenvalue weighted by molar-refractivity contribution is 0.101. The Kier molecular flexibility index (Phi) is 4.62. The van der Waals surface area contributed by atoms with Gasteiger partial charge in [-0.2, -0.15) is 5.10 Å². The Balaban J connectivity index is 1.71. The van der Waals surface area contributed by atoms with E-state index in [0.717, 1.165) is 16.8 Å². The number of aromatic nitrogens is 5. The molecule has 0 aliphatic carbocycles. The van der Waals surface area contributed by atoms with Crippen molar-refractivity contribution in [2.45, 2.75) is 20.3 Å². The zero-order valence-electron chi connectivity index (χ0n) is 17.4. The number of carbonyl (C=O) groups excluding carboxylic acids is 1. The summed E-state index contributed by atoms with van der Waals surface area (Å²) in [6, 6.07) is 14.7. The van der Waals surface area contributed by atoms with Crippen LogP contribution in [0.5, 0.6) is 0 Å². The Bertz CT molecular complexity index is 1550. The van der Waals surface area contributed by atoms with Crippen LogP contribution in [0.1, 0.15) is 29.9 Å². The number of ketones is 1. The largest absolute Gasteiger partial charge is 0.295 e. The van der Waals surface area contributed by atoms with E-state index >= 15 is 0 Å². The van der Waals surface area contributed by atoms with Gasteiger partial charge in [-0.1, -0.05) is 19.1 Å². The number of nitrogens with zero attached hydrogens (tertiary/aromatic N) is 5. The molecule has 0 saturated heterocycles. The number of aryl methyl sites for hydroxylation is 1. The smallest absolute Gasteiger partial charge is 0.285 e. The molecule has 0 amide bonds. The maximum absolute atomic E-state index is 13.4. The zero-order valence-corrected chi connectivity index (χ0v) is 17.4. The Morgan fingerprint density at radius 1 is 1.00 bits per heavy atom. The normalized spacial score (nSPS) is 11.3. The van der Waals surface area contributed by atoms with E-state index in [1.54, 1.807) is 53.2 Å². The average molecular weight is 427 g/mol. The molecule has 32 heavy (non-hydrogen) atoms. The summed E-state index contributed by atoms with van der Waals surface area (Å²) in [7, 11) is 0. The third-order valence-electron chi connectivity index (χ3n) is 5.47. The molecule has 0 bridgehead atoms. The second-order valence-electron chi connectivity index (χ2n) is 7.45. The molecule has 0 atom stereocenters. The second-order valence-corrected chi connectivity index (χ2v) is 7.45. The molecule has 0 aliphatic rings. The molecular weight excluding hydrogens is 409 g/mol. The van der Waals surface area contributed by atoms with Crippen molar-refractivity contribution in [2.75, 3.05) is 0 Å². The summed E-state index contributed by atoms with van der Waals surface area (Å²) in [5.74, 6) is -0.366. The third kappa shape index (κ3) is 3.08. The summed E-state index contributed by atoms with van der Waals surface area (Å²) in [6.45, 7) is 3.47. The topological polar surface area (TPSA) is 82.2 Å². The molecule has 5 rings (SSSR count). The summed E-state index contributed by atoms with van der Waals surface area (Å²) in [4.78, 5) is 24.7. The van der Waals surface area contributed by atoms with Crippen LogP contribution in [-0.2, 0) is 6.42 Å². The van der Waals surface area contributed by atoms with Crippen molar-refractivity contribution in [3.8, 4) is 16.8 Å². The van der Waals surface area contributed by atoms with E-state index in [1.807, 2.05) is 6.92 Å². The Labute approximate surface area is 181 Å². The molecule has 0 spiro atoms. The third-order valence-corrected chi connectivity index (χ3v) is 5.47. The standard InChI is InChI=1S/C24H18FN5O2/c1-3-19-21(16-4-8-17(25)9-5-16)23-27-26-22-20(30(23)28-19)12-13-29(24(22)32)18-10-6-15(7-11-18)14(2)31/h4-13H,3H2,1-2H3. The van der Waals surface area contributed by atoms with Gasteiger partial charge in [-0.25, -0.2) is 8.91 Å². The van der Waals surface area contributed by atoms with Crippen molar-refractivity contribution in [3.05, 3.63) is 88.2 Å². The van der Waals surface area contributed by atoms with Gasteiger partial charge in [-0.15, -0.1) is 10.2 Å². The van der Waals surface area contributed by atoms with Crippen molar-refractivity contribution >= 4 is 22.5 Å². The van der Waals surface area contributed by atoms with Gasteiger partial charge >= 0.3 is 0 Å². The van der Waals surface area contributed by atoms with E-state index in [9.17, 15) is 14.0 Å². The van der Waals surface area contributed by atoms with E-state index in [4.69, 9.17) is 0 Å². The molecule has 0 unspecified atom stereocenters. The summed E-state index contributed by atoms with van der Waals surface area (Å²) < 4.78 is 16.5. The summed E-state index contributed by atoms with van der Waals surface area (Å²) in [6.07, 6.45) is 2.29. The number of halogens is 1. The van der Waals surface area contributed by atoms with Crippen molar-refractivity contribution in [3.63, 3.8) is 0 Å². The van der Waals surface area contributed by atoms with Gasteiger partial charge < -0.3 is 0 Å². The number of carbonyl (C=O) groups is 1. The van der Waals surface area contributed by atoms with Crippen LogP contribution in [0.4, 0.5) is 4.39 Å². The minimum absolute atomic E-state index is 0.0435. The first-order valence-electron chi connectivity index (χ1n) is 10.1. The Morgan fingerprint density at radius 3 is 2.38 bits per heavy atom. The summed E-state index contributed by atoms with van der Waals surface area (Å²) in [5, 5.41) is 13.2. The van der Waals surface area contributed by atoms with Crippen LogP contribution in [0.3, 0.4) is 0 Å². The predicted molar refractivity (Wildman–Crippen MR) is 119 cm³/mol. The highest BCUT2D eigenvalue weighted by Gasteiger charge is 2.19. The van der Waals surface area contributed by atoms with Crippen LogP contribution in [0.15, 0.2) is 65.6 Å². The van der Waals surface area contributed by atoms with E-state index in [1.165, 1.54) is 23.6 Å². The number of pyridine rings is 1. The molecule has 3 aromatic heterocycles. The molecular formula is C24H18FN5O2. The van der Waals surface area contributed by atoms with Gasteiger partial charge in [0.1, 0.15) is 11.3 Å².